The zero-order chi connectivity index (χ0) is 25.8. The Kier molecular flexibility index (Phi) is 8.11. The van der Waals surface area contributed by atoms with E-state index in [1.165, 1.54) is 11.8 Å². The number of aromatic nitrogens is 2. The molecule has 1 aliphatic heterocycles. The van der Waals surface area contributed by atoms with Gasteiger partial charge in [-0.25, -0.2) is 4.98 Å². The van der Waals surface area contributed by atoms with Gasteiger partial charge in [0.25, 0.3) is 5.91 Å². The van der Waals surface area contributed by atoms with Gasteiger partial charge in [-0.2, -0.15) is 0 Å². The maximum absolute atomic E-state index is 12.9. The van der Waals surface area contributed by atoms with Gasteiger partial charge >= 0.3 is 0 Å². The molecule has 4 N–H and O–H groups in total. The third-order valence-corrected chi connectivity index (χ3v) is 6.95. The van der Waals surface area contributed by atoms with Gasteiger partial charge in [-0.1, -0.05) is 25.5 Å². The van der Waals surface area contributed by atoms with Crippen LogP contribution in [0.2, 0.25) is 0 Å². The van der Waals surface area contributed by atoms with Crippen molar-refractivity contribution in [1.82, 2.24) is 24.7 Å². The number of anilines is 2. The number of amides is 1. The van der Waals surface area contributed by atoms with E-state index in [1.807, 2.05) is 12.3 Å². The number of nitrogens with one attached hydrogen (secondary N) is 4. The summed E-state index contributed by atoms with van der Waals surface area (Å²) in [6.45, 7) is 11.5. The number of hydrogen-bond acceptors (Lipinski definition) is 7. The van der Waals surface area contributed by atoms with Crippen LogP contribution in [0.5, 0.6) is 0 Å². The van der Waals surface area contributed by atoms with E-state index in [9.17, 15) is 4.79 Å². The molecule has 36 heavy (non-hydrogen) atoms. The summed E-state index contributed by atoms with van der Waals surface area (Å²) in [5, 5.41) is 18.1. The molecule has 1 saturated carbocycles. The maximum Gasteiger partial charge on any atom is 0.270 e. The van der Waals surface area contributed by atoms with Gasteiger partial charge in [0.2, 0.25) is 0 Å². The SMILES string of the molecule is C=C(Nc1ccc(CN2C[C@@H](C)N[C@@H](C)C2)cn1)Nc1c(C=N)cc(C(=O)N(C)C)n1C1CCCC1. The standard InChI is InChI=1S/C27H40N8O/c1-18-15-34(16-19(2)30-18)17-21-10-11-25(29-14-21)31-20(3)32-26-22(13-28)12-24(27(36)33(4)5)35(26)23-8-6-7-9-23/h10-14,18-19,23,28,30,32H,3,6-9,15-17H2,1-2,4-5H3,(H,29,31)/t18-,19+. The van der Waals surface area contributed by atoms with Crippen molar-refractivity contribution in [2.24, 2.45) is 0 Å². The molecule has 9 nitrogen and oxygen atoms in total. The summed E-state index contributed by atoms with van der Waals surface area (Å²) in [6, 6.07) is 7.05. The number of nitrogens with zero attached hydrogens (tertiary/aromatic N) is 4. The lowest BCUT2D eigenvalue weighted by atomic mass is 10.1. The number of piperazine rings is 1. The molecule has 1 saturated heterocycles. The second-order valence-electron chi connectivity index (χ2n) is 10.4. The van der Waals surface area contributed by atoms with Crippen LogP contribution in [0.1, 0.15) is 67.2 Å². The number of carbonyl (C=O) groups excluding carboxylic acids is 1. The van der Waals surface area contributed by atoms with Crippen molar-refractivity contribution in [3.05, 3.63) is 53.6 Å². The molecule has 2 aromatic rings. The Morgan fingerprint density at radius 1 is 1.22 bits per heavy atom. The Hall–Kier alpha value is -3.17. The molecule has 4 rings (SSSR count). The Labute approximate surface area is 214 Å². The molecule has 9 heteroatoms. The summed E-state index contributed by atoms with van der Waals surface area (Å²) >= 11 is 0. The molecule has 2 fully saturated rings. The monoisotopic (exact) mass is 492 g/mol. The van der Waals surface area contributed by atoms with Crippen LogP contribution in [0.4, 0.5) is 11.6 Å². The molecule has 194 valence electrons. The van der Waals surface area contributed by atoms with Crippen molar-refractivity contribution in [3.63, 3.8) is 0 Å². The van der Waals surface area contributed by atoms with Crippen molar-refractivity contribution in [3.8, 4) is 0 Å². The zero-order valence-electron chi connectivity index (χ0n) is 22.0. The number of pyridine rings is 1. The van der Waals surface area contributed by atoms with Gasteiger partial charge in [-0.05, 0) is 44.4 Å². The summed E-state index contributed by atoms with van der Waals surface area (Å²) in [4.78, 5) is 21.6. The first-order valence-corrected chi connectivity index (χ1v) is 12.9. The first-order valence-electron chi connectivity index (χ1n) is 12.9. The number of hydrogen-bond donors (Lipinski definition) is 4. The molecule has 2 aromatic heterocycles. The van der Waals surface area contributed by atoms with Crippen molar-refractivity contribution in [2.45, 2.75) is 64.2 Å². The molecule has 1 aliphatic carbocycles. The van der Waals surface area contributed by atoms with Crippen LogP contribution in [-0.4, -0.2) is 70.7 Å². The highest BCUT2D eigenvalue weighted by Crippen LogP contribution is 2.36. The third kappa shape index (κ3) is 5.96. The summed E-state index contributed by atoms with van der Waals surface area (Å²) in [5.74, 6) is 1.89. The van der Waals surface area contributed by atoms with Gasteiger partial charge in [0, 0.05) is 69.8 Å². The van der Waals surface area contributed by atoms with E-state index in [2.05, 4.69) is 56.9 Å². The average Bonchev–Trinajstić information content (AvgIpc) is 3.47. The van der Waals surface area contributed by atoms with Crippen LogP contribution < -0.4 is 16.0 Å². The zero-order valence-corrected chi connectivity index (χ0v) is 22.0. The molecule has 0 spiro atoms. The highest BCUT2D eigenvalue weighted by atomic mass is 16.2. The van der Waals surface area contributed by atoms with E-state index in [1.54, 1.807) is 25.1 Å². The second-order valence-corrected chi connectivity index (χ2v) is 10.4. The second kappa shape index (κ2) is 11.3. The fraction of sp³-hybridized carbons (Fsp3) is 0.519. The molecular weight excluding hydrogens is 452 g/mol. The lowest BCUT2D eigenvalue weighted by molar-refractivity contribution is 0.0815. The Morgan fingerprint density at radius 3 is 2.50 bits per heavy atom. The minimum Gasteiger partial charge on any atom is -0.343 e. The van der Waals surface area contributed by atoms with Gasteiger partial charge < -0.3 is 30.8 Å². The van der Waals surface area contributed by atoms with Crippen LogP contribution in [0, 0.1) is 5.41 Å². The summed E-state index contributed by atoms with van der Waals surface area (Å²) < 4.78 is 2.06. The van der Waals surface area contributed by atoms with Gasteiger partial charge in [0.1, 0.15) is 23.2 Å². The first-order chi connectivity index (χ1) is 17.2. The molecule has 2 aliphatic rings. The summed E-state index contributed by atoms with van der Waals surface area (Å²) in [5.41, 5.74) is 2.44. The lowest BCUT2D eigenvalue weighted by Crippen LogP contribution is -2.53. The minimum atomic E-state index is -0.0675. The fourth-order valence-corrected chi connectivity index (χ4v) is 5.47. The lowest BCUT2D eigenvalue weighted by Gasteiger charge is -2.36. The van der Waals surface area contributed by atoms with Gasteiger partial charge in [-0.3, -0.25) is 9.69 Å². The Morgan fingerprint density at radius 2 is 1.92 bits per heavy atom. The molecule has 0 unspecified atom stereocenters. The van der Waals surface area contributed by atoms with Crippen LogP contribution in [0.15, 0.2) is 36.8 Å². The topological polar surface area (TPSA) is 101 Å². The van der Waals surface area contributed by atoms with E-state index in [-0.39, 0.29) is 11.9 Å². The van der Waals surface area contributed by atoms with Crippen molar-refractivity contribution >= 4 is 23.8 Å². The normalized spacial score (nSPS) is 20.8. The molecule has 2 atom stereocenters. The van der Waals surface area contributed by atoms with Gasteiger partial charge in [0.05, 0.1) is 0 Å². The van der Waals surface area contributed by atoms with Gasteiger partial charge in [0.15, 0.2) is 0 Å². The molecule has 1 amide bonds. The maximum atomic E-state index is 12.9. The first kappa shape index (κ1) is 25.9. The molecule has 0 aromatic carbocycles. The predicted molar refractivity (Wildman–Crippen MR) is 146 cm³/mol. The summed E-state index contributed by atoms with van der Waals surface area (Å²) in [7, 11) is 3.51. The summed E-state index contributed by atoms with van der Waals surface area (Å²) in [6.07, 6.45) is 7.51. The molecule has 3 heterocycles. The largest absolute Gasteiger partial charge is 0.343 e. The van der Waals surface area contributed by atoms with E-state index < -0.39 is 0 Å². The number of rotatable bonds is 9. The van der Waals surface area contributed by atoms with E-state index in [0.29, 0.717) is 35.0 Å². The number of carbonyl (C=O) groups is 1. The Bertz CT molecular complexity index is 1070. The van der Waals surface area contributed by atoms with Crippen LogP contribution in [0.3, 0.4) is 0 Å². The third-order valence-electron chi connectivity index (χ3n) is 6.95. The van der Waals surface area contributed by atoms with Crippen LogP contribution in [-0.2, 0) is 6.54 Å². The van der Waals surface area contributed by atoms with Crippen molar-refractivity contribution < 1.29 is 4.79 Å². The van der Waals surface area contributed by atoms with Crippen molar-refractivity contribution in [2.75, 3.05) is 37.8 Å². The highest BCUT2D eigenvalue weighted by Gasteiger charge is 2.28. The minimum absolute atomic E-state index is 0.0675. The van der Waals surface area contributed by atoms with Crippen LogP contribution >= 0.6 is 0 Å². The van der Waals surface area contributed by atoms with E-state index in [4.69, 9.17) is 5.41 Å². The Balaban J connectivity index is 1.46. The quantitative estimate of drug-likeness (QED) is 0.397. The highest BCUT2D eigenvalue weighted by molar-refractivity contribution is 5.98. The van der Waals surface area contributed by atoms with Gasteiger partial charge in [-0.15, -0.1) is 0 Å². The predicted octanol–water partition coefficient (Wildman–Crippen LogP) is 3.88. The molecular formula is C27H40N8O. The van der Waals surface area contributed by atoms with E-state index >= 15 is 0 Å². The van der Waals surface area contributed by atoms with E-state index in [0.717, 1.165) is 51.1 Å². The van der Waals surface area contributed by atoms with Crippen molar-refractivity contribution in [1.29, 1.82) is 5.41 Å². The smallest absolute Gasteiger partial charge is 0.270 e. The average molecular weight is 493 g/mol. The molecule has 0 bridgehead atoms. The van der Waals surface area contributed by atoms with Crippen LogP contribution in [0.25, 0.3) is 0 Å². The molecule has 0 radical (unpaired) electrons. The fourth-order valence-electron chi connectivity index (χ4n) is 5.47.